The number of aromatic nitrogens is 2. The molecule has 0 amide bonds. The molecule has 4 nitrogen and oxygen atoms in total. The molecule has 4 rings (SSSR count). The van der Waals surface area contributed by atoms with Crippen LogP contribution in [-0.4, -0.2) is 14.7 Å². The molecule has 0 aliphatic carbocycles. The highest BCUT2D eigenvalue weighted by Gasteiger charge is 2.18. The summed E-state index contributed by atoms with van der Waals surface area (Å²) < 4.78 is 1.56. The predicted molar refractivity (Wildman–Crippen MR) is 104 cm³/mol. The van der Waals surface area contributed by atoms with Gasteiger partial charge in [-0.2, -0.15) is 0 Å². The lowest BCUT2D eigenvalue weighted by molar-refractivity contribution is 0.221. The summed E-state index contributed by atoms with van der Waals surface area (Å²) in [6.45, 7) is 0. The zero-order valence-electron chi connectivity index (χ0n) is 14.1. The fourth-order valence-corrected chi connectivity index (χ4v) is 3.41. The van der Waals surface area contributed by atoms with Gasteiger partial charge < -0.3 is 14.7 Å². The summed E-state index contributed by atoms with van der Waals surface area (Å²) in [5.74, 6) is 0. The van der Waals surface area contributed by atoms with Crippen LogP contribution in [-0.2, 0) is 7.05 Å². The SMILES string of the molecule is Cn1cc(-c2ccccc2C(O)c2ccc(Cl)cc2)c2cc[nH]c2c1=O. The van der Waals surface area contributed by atoms with Gasteiger partial charge in [-0.1, -0.05) is 48.0 Å². The number of rotatable bonds is 3. The van der Waals surface area contributed by atoms with Crippen LogP contribution < -0.4 is 5.56 Å². The second kappa shape index (κ2) is 6.48. The Morgan fingerprint density at radius 3 is 2.54 bits per heavy atom. The normalized spacial score (nSPS) is 12.4. The number of aryl methyl sites for hydroxylation is 1. The van der Waals surface area contributed by atoms with E-state index in [4.69, 9.17) is 11.6 Å². The number of fused-ring (bicyclic) bond motifs is 1. The summed E-state index contributed by atoms with van der Waals surface area (Å²) in [5, 5.41) is 12.4. The monoisotopic (exact) mass is 364 g/mol. The number of nitrogens with zero attached hydrogens (tertiary/aromatic N) is 1. The molecule has 1 unspecified atom stereocenters. The Labute approximate surface area is 155 Å². The Morgan fingerprint density at radius 1 is 1.04 bits per heavy atom. The van der Waals surface area contributed by atoms with Crippen molar-refractivity contribution in [3.05, 3.63) is 93.5 Å². The van der Waals surface area contributed by atoms with Gasteiger partial charge in [0.25, 0.3) is 5.56 Å². The van der Waals surface area contributed by atoms with Crippen LogP contribution in [0, 0.1) is 0 Å². The summed E-state index contributed by atoms with van der Waals surface area (Å²) in [7, 11) is 1.73. The first kappa shape index (κ1) is 16.6. The van der Waals surface area contributed by atoms with E-state index in [2.05, 4.69) is 4.98 Å². The molecule has 0 saturated carbocycles. The summed E-state index contributed by atoms with van der Waals surface area (Å²) in [6.07, 6.45) is 2.77. The molecule has 5 heteroatoms. The zero-order valence-corrected chi connectivity index (χ0v) is 14.9. The smallest absolute Gasteiger partial charge is 0.274 e. The molecule has 0 bridgehead atoms. The Hall–Kier alpha value is -2.82. The minimum Gasteiger partial charge on any atom is -0.384 e. The fraction of sp³-hybridized carbons (Fsp3) is 0.0952. The van der Waals surface area contributed by atoms with Crippen molar-refractivity contribution < 1.29 is 5.11 Å². The second-order valence-electron chi connectivity index (χ2n) is 6.27. The van der Waals surface area contributed by atoms with E-state index in [9.17, 15) is 9.90 Å². The van der Waals surface area contributed by atoms with E-state index < -0.39 is 6.10 Å². The molecule has 0 spiro atoms. The number of hydrogen-bond acceptors (Lipinski definition) is 2. The third-order valence-electron chi connectivity index (χ3n) is 4.63. The summed E-state index contributed by atoms with van der Waals surface area (Å²) in [4.78, 5) is 15.3. The molecule has 0 aliphatic rings. The van der Waals surface area contributed by atoms with Crippen LogP contribution in [0.5, 0.6) is 0 Å². The summed E-state index contributed by atoms with van der Waals surface area (Å²) >= 11 is 5.96. The van der Waals surface area contributed by atoms with Crippen molar-refractivity contribution in [2.45, 2.75) is 6.10 Å². The Kier molecular flexibility index (Phi) is 4.15. The van der Waals surface area contributed by atoms with Crippen LogP contribution in [0.15, 0.2) is 71.8 Å². The van der Waals surface area contributed by atoms with Gasteiger partial charge in [-0.25, -0.2) is 0 Å². The lowest BCUT2D eigenvalue weighted by Crippen LogP contribution is -2.16. The van der Waals surface area contributed by atoms with Gasteiger partial charge >= 0.3 is 0 Å². The Morgan fingerprint density at radius 2 is 1.77 bits per heavy atom. The second-order valence-corrected chi connectivity index (χ2v) is 6.70. The van der Waals surface area contributed by atoms with E-state index >= 15 is 0 Å². The molecule has 0 aliphatic heterocycles. The lowest BCUT2D eigenvalue weighted by atomic mass is 9.92. The first-order valence-corrected chi connectivity index (χ1v) is 8.63. The quantitative estimate of drug-likeness (QED) is 0.570. The van der Waals surface area contributed by atoms with Crippen molar-refractivity contribution in [1.82, 2.24) is 9.55 Å². The molecule has 2 N–H and O–H groups in total. The maximum atomic E-state index is 12.3. The van der Waals surface area contributed by atoms with Crippen molar-refractivity contribution in [2.75, 3.05) is 0 Å². The minimum absolute atomic E-state index is 0.0792. The molecule has 2 heterocycles. The van der Waals surface area contributed by atoms with Crippen LogP contribution >= 0.6 is 11.6 Å². The number of pyridine rings is 1. The van der Waals surface area contributed by atoms with Gasteiger partial charge in [0.2, 0.25) is 0 Å². The largest absolute Gasteiger partial charge is 0.384 e. The van der Waals surface area contributed by atoms with Crippen molar-refractivity contribution in [3.8, 4) is 11.1 Å². The lowest BCUT2D eigenvalue weighted by Gasteiger charge is -2.17. The van der Waals surface area contributed by atoms with Gasteiger partial charge in [0.05, 0.1) is 0 Å². The standard InChI is InChI=1S/C21H17ClN2O2/c1-24-12-18(16-10-11-23-19(16)21(24)26)15-4-2-3-5-17(15)20(25)13-6-8-14(22)9-7-13/h2-12,20,23,25H,1H3. The van der Waals surface area contributed by atoms with E-state index in [0.717, 1.165) is 27.6 Å². The highest BCUT2D eigenvalue weighted by Crippen LogP contribution is 2.34. The van der Waals surface area contributed by atoms with Gasteiger partial charge in [-0.05, 0) is 34.9 Å². The molecule has 130 valence electrons. The number of hydrogen-bond donors (Lipinski definition) is 2. The van der Waals surface area contributed by atoms with Crippen molar-refractivity contribution in [1.29, 1.82) is 0 Å². The van der Waals surface area contributed by atoms with Gasteiger partial charge in [0.1, 0.15) is 11.6 Å². The number of H-pyrrole nitrogens is 1. The molecule has 2 aromatic carbocycles. The van der Waals surface area contributed by atoms with Crippen molar-refractivity contribution in [3.63, 3.8) is 0 Å². The molecule has 2 aromatic heterocycles. The van der Waals surface area contributed by atoms with Crippen LogP contribution in [0.1, 0.15) is 17.2 Å². The van der Waals surface area contributed by atoms with E-state index in [1.165, 1.54) is 0 Å². The molecular formula is C21H17ClN2O2. The Bertz CT molecular complexity index is 1140. The highest BCUT2D eigenvalue weighted by atomic mass is 35.5. The van der Waals surface area contributed by atoms with Gasteiger partial charge in [-0.15, -0.1) is 0 Å². The number of aromatic amines is 1. The van der Waals surface area contributed by atoms with E-state index in [1.807, 2.05) is 48.7 Å². The average Bonchev–Trinajstić information content (AvgIpc) is 3.15. The number of benzene rings is 2. The van der Waals surface area contributed by atoms with Crippen molar-refractivity contribution in [2.24, 2.45) is 7.05 Å². The van der Waals surface area contributed by atoms with Crippen LogP contribution in [0.4, 0.5) is 0 Å². The zero-order chi connectivity index (χ0) is 18.3. The minimum atomic E-state index is -0.797. The predicted octanol–water partition coefficient (Wildman–Crippen LogP) is 4.27. The maximum Gasteiger partial charge on any atom is 0.274 e. The molecule has 0 saturated heterocycles. The summed E-state index contributed by atoms with van der Waals surface area (Å²) in [6, 6.07) is 16.7. The number of halogens is 1. The van der Waals surface area contributed by atoms with Crippen molar-refractivity contribution >= 4 is 22.5 Å². The van der Waals surface area contributed by atoms with E-state index in [-0.39, 0.29) is 5.56 Å². The number of aliphatic hydroxyl groups excluding tert-OH is 1. The molecular weight excluding hydrogens is 348 g/mol. The first-order valence-electron chi connectivity index (χ1n) is 8.26. The average molecular weight is 365 g/mol. The molecule has 26 heavy (non-hydrogen) atoms. The third-order valence-corrected chi connectivity index (χ3v) is 4.88. The maximum absolute atomic E-state index is 12.3. The van der Waals surface area contributed by atoms with Crippen LogP contribution in [0.2, 0.25) is 5.02 Å². The van der Waals surface area contributed by atoms with Crippen LogP contribution in [0.3, 0.4) is 0 Å². The van der Waals surface area contributed by atoms with Crippen LogP contribution in [0.25, 0.3) is 22.0 Å². The first-order chi connectivity index (χ1) is 12.6. The molecule has 0 radical (unpaired) electrons. The number of aliphatic hydroxyl groups is 1. The summed E-state index contributed by atoms with van der Waals surface area (Å²) in [5.41, 5.74) is 3.79. The van der Waals surface area contributed by atoms with Gasteiger partial charge in [-0.3, -0.25) is 4.79 Å². The Balaban J connectivity index is 1.92. The topological polar surface area (TPSA) is 58.0 Å². The number of nitrogens with one attached hydrogen (secondary N) is 1. The van der Waals surface area contributed by atoms with Gasteiger partial charge in [0, 0.05) is 35.4 Å². The van der Waals surface area contributed by atoms with Gasteiger partial charge in [0.15, 0.2) is 0 Å². The molecule has 4 aromatic rings. The highest BCUT2D eigenvalue weighted by molar-refractivity contribution is 6.30. The molecule has 1 atom stereocenters. The van der Waals surface area contributed by atoms with E-state index in [0.29, 0.717) is 10.5 Å². The van der Waals surface area contributed by atoms with E-state index in [1.54, 1.807) is 29.9 Å². The fourth-order valence-electron chi connectivity index (χ4n) is 3.29. The molecule has 0 fully saturated rings. The third kappa shape index (κ3) is 2.73.